The summed E-state index contributed by atoms with van der Waals surface area (Å²) in [7, 11) is 3.43. The standard InChI is InChI=1S/C24H31N5O3S/c1-16(23-25-9-12-33-23)28(2)24(31)19-13-18(27-22(30)17-7-5-4-6-8-17)14-20-21(19)29(15-26-20)10-11-32-3/h9,12-17H,4-8,10-11H2,1-3H3,(H,27,30)/t16-/m0/s1. The summed E-state index contributed by atoms with van der Waals surface area (Å²) in [6, 6.07) is 3.45. The van der Waals surface area contributed by atoms with Gasteiger partial charge < -0.3 is 19.5 Å². The fourth-order valence-corrected chi connectivity index (χ4v) is 5.12. The van der Waals surface area contributed by atoms with Crippen LogP contribution >= 0.6 is 11.3 Å². The number of carbonyl (C=O) groups excluding carboxylic acids is 2. The first-order chi connectivity index (χ1) is 16.0. The summed E-state index contributed by atoms with van der Waals surface area (Å²) in [4.78, 5) is 37.1. The van der Waals surface area contributed by atoms with Crippen LogP contribution in [-0.4, -0.2) is 52.0 Å². The molecule has 1 atom stereocenters. The van der Waals surface area contributed by atoms with Gasteiger partial charge in [0.25, 0.3) is 5.91 Å². The van der Waals surface area contributed by atoms with Gasteiger partial charge in [-0.05, 0) is 31.9 Å². The number of hydrogen-bond donors (Lipinski definition) is 1. The molecule has 33 heavy (non-hydrogen) atoms. The normalized spacial score (nSPS) is 15.5. The van der Waals surface area contributed by atoms with Crippen molar-refractivity contribution in [2.24, 2.45) is 5.92 Å². The van der Waals surface area contributed by atoms with E-state index in [2.05, 4.69) is 15.3 Å². The first-order valence-corrected chi connectivity index (χ1v) is 12.3. The SMILES string of the molecule is COCCn1cnc2cc(NC(=O)C3CCCCC3)cc(C(=O)N(C)[C@@H](C)c3nccs3)c21. The van der Waals surface area contributed by atoms with Gasteiger partial charge in [0.05, 0.1) is 35.6 Å². The average molecular weight is 470 g/mol. The van der Waals surface area contributed by atoms with E-state index in [1.807, 2.05) is 22.9 Å². The minimum atomic E-state index is -0.177. The highest BCUT2D eigenvalue weighted by molar-refractivity contribution is 7.09. The number of imidazole rings is 1. The van der Waals surface area contributed by atoms with E-state index in [0.29, 0.717) is 29.9 Å². The Morgan fingerprint density at radius 3 is 2.76 bits per heavy atom. The molecule has 2 aromatic heterocycles. The molecular formula is C24H31N5O3S. The van der Waals surface area contributed by atoms with Crippen LogP contribution in [0.25, 0.3) is 11.0 Å². The monoisotopic (exact) mass is 469 g/mol. The fourth-order valence-electron chi connectivity index (χ4n) is 4.38. The Balaban J connectivity index is 1.68. The van der Waals surface area contributed by atoms with Crippen molar-refractivity contribution in [1.29, 1.82) is 0 Å². The van der Waals surface area contributed by atoms with E-state index < -0.39 is 0 Å². The fraction of sp³-hybridized carbons (Fsp3) is 0.500. The van der Waals surface area contributed by atoms with Gasteiger partial charge >= 0.3 is 0 Å². The Morgan fingerprint density at radius 1 is 1.27 bits per heavy atom. The Kier molecular flexibility index (Phi) is 7.39. The number of anilines is 1. The van der Waals surface area contributed by atoms with E-state index >= 15 is 0 Å². The molecule has 1 aliphatic rings. The molecule has 9 heteroatoms. The smallest absolute Gasteiger partial charge is 0.256 e. The molecule has 176 valence electrons. The van der Waals surface area contributed by atoms with E-state index in [1.54, 1.807) is 37.6 Å². The summed E-state index contributed by atoms with van der Waals surface area (Å²) in [5, 5.41) is 5.83. The summed E-state index contributed by atoms with van der Waals surface area (Å²) >= 11 is 1.52. The summed E-state index contributed by atoms with van der Waals surface area (Å²) in [6.45, 7) is 3.04. The third-order valence-corrected chi connectivity index (χ3v) is 7.38. The highest BCUT2D eigenvalue weighted by atomic mass is 32.1. The Labute approximate surface area is 198 Å². The summed E-state index contributed by atoms with van der Waals surface area (Å²) in [5.41, 5.74) is 2.52. The van der Waals surface area contributed by atoms with Crippen LogP contribution in [0.2, 0.25) is 0 Å². The third kappa shape index (κ3) is 5.09. The van der Waals surface area contributed by atoms with E-state index in [9.17, 15) is 9.59 Å². The van der Waals surface area contributed by atoms with Crippen LogP contribution in [-0.2, 0) is 16.1 Å². The molecule has 1 aromatic carbocycles. The first kappa shape index (κ1) is 23.4. The molecule has 0 aliphatic heterocycles. The van der Waals surface area contributed by atoms with Crippen molar-refractivity contribution in [1.82, 2.24) is 19.4 Å². The minimum absolute atomic E-state index is 0.0239. The molecule has 2 amide bonds. The zero-order chi connectivity index (χ0) is 23.4. The maximum absolute atomic E-state index is 13.7. The second-order valence-electron chi connectivity index (χ2n) is 8.61. The van der Waals surface area contributed by atoms with Crippen molar-refractivity contribution in [2.45, 2.75) is 51.6 Å². The van der Waals surface area contributed by atoms with Gasteiger partial charge in [0.15, 0.2) is 0 Å². The molecule has 4 rings (SSSR count). The molecule has 2 heterocycles. The van der Waals surface area contributed by atoms with Crippen molar-refractivity contribution in [3.63, 3.8) is 0 Å². The van der Waals surface area contributed by atoms with Gasteiger partial charge in [-0.25, -0.2) is 9.97 Å². The number of methoxy groups -OCH3 is 1. The molecule has 0 spiro atoms. The molecule has 0 radical (unpaired) electrons. The number of benzene rings is 1. The van der Waals surface area contributed by atoms with Crippen LogP contribution in [0.3, 0.4) is 0 Å². The Morgan fingerprint density at radius 2 is 2.06 bits per heavy atom. The lowest BCUT2D eigenvalue weighted by atomic mass is 9.88. The molecule has 1 N–H and O–H groups in total. The number of carbonyl (C=O) groups is 2. The van der Waals surface area contributed by atoms with Gasteiger partial charge in [-0.1, -0.05) is 19.3 Å². The van der Waals surface area contributed by atoms with E-state index in [0.717, 1.165) is 36.2 Å². The van der Waals surface area contributed by atoms with Gasteiger partial charge in [-0.3, -0.25) is 9.59 Å². The number of nitrogens with zero attached hydrogens (tertiary/aromatic N) is 4. The van der Waals surface area contributed by atoms with Gasteiger partial charge in [0, 0.05) is 43.9 Å². The summed E-state index contributed by atoms with van der Waals surface area (Å²) < 4.78 is 7.17. The Hall–Kier alpha value is -2.78. The third-order valence-electron chi connectivity index (χ3n) is 6.43. The van der Waals surface area contributed by atoms with Gasteiger partial charge in [-0.15, -0.1) is 11.3 Å². The van der Waals surface area contributed by atoms with Crippen molar-refractivity contribution < 1.29 is 14.3 Å². The predicted octanol–water partition coefficient (Wildman–Crippen LogP) is 4.49. The zero-order valence-corrected chi connectivity index (χ0v) is 20.2. The maximum Gasteiger partial charge on any atom is 0.256 e. The molecule has 0 unspecified atom stereocenters. The first-order valence-electron chi connectivity index (χ1n) is 11.4. The number of aromatic nitrogens is 3. The minimum Gasteiger partial charge on any atom is -0.383 e. The molecular weight excluding hydrogens is 438 g/mol. The number of hydrogen-bond acceptors (Lipinski definition) is 6. The predicted molar refractivity (Wildman–Crippen MR) is 129 cm³/mol. The van der Waals surface area contributed by atoms with Crippen LogP contribution < -0.4 is 5.32 Å². The lowest BCUT2D eigenvalue weighted by molar-refractivity contribution is -0.120. The highest BCUT2D eigenvalue weighted by Crippen LogP contribution is 2.30. The lowest BCUT2D eigenvalue weighted by Crippen LogP contribution is -2.30. The topological polar surface area (TPSA) is 89.3 Å². The molecule has 0 saturated heterocycles. The molecule has 3 aromatic rings. The van der Waals surface area contributed by atoms with Crippen molar-refractivity contribution >= 4 is 39.9 Å². The average Bonchev–Trinajstić information content (AvgIpc) is 3.52. The lowest BCUT2D eigenvalue weighted by Gasteiger charge is -2.24. The number of rotatable bonds is 8. The van der Waals surface area contributed by atoms with Gasteiger partial charge in [0.2, 0.25) is 5.91 Å². The van der Waals surface area contributed by atoms with Gasteiger partial charge in [0.1, 0.15) is 5.01 Å². The van der Waals surface area contributed by atoms with Crippen molar-refractivity contribution in [3.8, 4) is 0 Å². The zero-order valence-electron chi connectivity index (χ0n) is 19.4. The summed E-state index contributed by atoms with van der Waals surface area (Å²) in [5.74, 6) is -0.0909. The van der Waals surface area contributed by atoms with E-state index in [1.165, 1.54) is 17.8 Å². The summed E-state index contributed by atoms with van der Waals surface area (Å²) in [6.07, 6.45) is 8.66. The Bertz CT molecular complexity index is 1100. The van der Waals surface area contributed by atoms with Gasteiger partial charge in [-0.2, -0.15) is 0 Å². The van der Waals surface area contributed by atoms with Crippen LogP contribution in [0.15, 0.2) is 30.0 Å². The maximum atomic E-state index is 13.7. The molecule has 1 saturated carbocycles. The van der Waals surface area contributed by atoms with E-state index in [-0.39, 0.29) is 23.8 Å². The van der Waals surface area contributed by atoms with Crippen molar-refractivity contribution in [2.75, 3.05) is 26.1 Å². The molecule has 0 bridgehead atoms. The number of fused-ring (bicyclic) bond motifs is 1. The second-order valence-corrected chi connectivity index (χ2v) is 9.54. The van der Waals surface area contributed by atoms with Crippen LogP contribution in [0.1, 0.15) is 60.4 Å². The largest absolute Gasteiger partial charge is 0.383 e. The molecule has 1 fully saturated rings. The quantitative estimate of drug-likeness (QED) is 0.525. The second kappa shape index (κ2) is 10.4. The van der Waals surface area contributed by atoms with Crippen molar-refractivity contribution in [3.05, 3.63) is 40.6 Å². The van der Waals surface area contributed by atoms with Crippen LogP contribution in [0, 0.1) is 5.92 Å². The molecule has 8 nitrogen and oxygen atoms in total. The molecule has 1 aliphatic carbocycles. The highest BCUT2D eigenvalue weighted by Gasteiger charge is 2.26. The number of amides is 2. The van der Waals surface area contributed by atoms with Crippen LogP contribution in [0.4, 0.5) is 5.69 Å². The number of nitrogens with one attached hydrogen (secondary N) is 1. The van der Waals surface area contributed by atoms with E-state index in [4.69, 9.17) is 4.74 Å². The van der Waals surface area contributed by atoms with Crippen LogP contribution in [0.5, 0.6) is 0 Å². The number of thiazole rings is 1. The number of ether oxygens (including phenoxy) is 1.